The molecule has 1 aromatic rings. The van der Waals surface area contributed by atoms with Crippen LogP contribution >= 0.6 is 22.6 Å². The topological polar surface area (TPSA) is 55.6 Å². The Labute approximate surface area is 127 Å². The number of rotatable bonds is 0. The van der Waals surface area contributed by atoms with E-state index in [9.17, 15) is 4.79 Å². The van der Waals surface area contributed by atoms with E-state index in [0.29, 0.717) is 13.1 Å². The van der Waals surface area contributed by atoms with Gasteiger partial charge in [0.05, 0.1) is 0 Å². The number of nitrogen functional groups attached to an aromatic ring is 1. The molecule has 1 aliphatic rings. The van der Waals surface area contributed by atoms with Crippen LogP contribution in [0.3, 0.4) is 0 Å². The van der Waals surface area contributed by atoms with Gasteiger partial charge in [-0.15, -0.1) is 0 Å². The predicted octanol–water partition coefficient (Wildman–Crippen LogP) is 3.17. The van der Waals surface area contributed by atoms with Crippen molar-refractivity contribution in [2.24, 2.45) is 0 Å². The molecule has 1 aromatic carbocycles. The van der Waals surface area contributed by atoms with E-state index in [0.717, 1.165) is 21.2 Å². The Morgan fingerprint density at radius 3 is 2.74 bits per heavy atom. The molecule has 0 bridgehead atoms. The van der Waals surface area contributed by atoms with Gasteiger partial charge in [-0.2, -0.15) is 0 Å². The van der Waals surface area contributed by atoms with Crippen LogP contribution in [0.4, 0.5) is 10.5 Å². The van der Waals surface area contributed by atoms with Gasteiger partial charge in [0.1, 0.15) is 5.60 Å². The number of halogens is 1. The minimum atomic E-state index is -0.451. The van der Waals surface area contributed by atoms with E-state index in [1.807, 2.05) is 32.9 Å². The highest BCUT2D eigenvalue weighted by atomic mass is 127. The van der Waals surface area contributed by atoms with E-state index in [1.165, 1.54) is 5.56 Å². The highest BCUT2D eigenvalue weighted by Crippen LogP contribution is 2.28. The molecule has 1 heterocycles. The van der Waals surface area contributed by atoms with Gasteiger partial charge in [-0.25, -0.2) is 4.79 Å². The maximum atomic E-state index is 12.1. The number of hydrogen-bond acceptors (Lipinski definition) is 3. The molecule has 2 N–H and O–H groups in total. The van der Waals surface area contributed by atoms with Crippen molar-refractivity contribution in [1.29, 1.82) is 0 Å². The summed E-state index contributed by atoms with van der Waals surface area (Å²) in [6.07, 6.45) is 0.586. The van der Waals surface area contributed by atoms with Gasteiger partial charge in [-0.3, -0.25) is 0 Å². The lowest BCUT2D eigenvalue weighted by Gasteiger charge is -2.31. The second-order valence-electron chi connectivity index (χ2n) is 5.76. The van der Waals surface area contributed by atoms with Gasteiger partial charge < -0.3 is 15.4 Å². The van der Waals surface area contributed by atoms with Crippen LogP contribution in [-0.4, -0.2) is 23.1 Å². The van der Waals surface area contributed by atoms with Crippen LogP contribution in [-0.2, 0) is 17.7 Å². The van der Waals surface area contributed by atoms with Crippen LogP contribution in [0.5, 0.6) is 0 Å². The van der Waals surface area contributed by atoms with Crippen molar-refractivity contribution < 1.29 is 9.53 Å². The summed E-state index contributed by atoms with van der Waals surface area (Å²) in [5.74, 6) is 0. The van der Waals surface area contributed by atoms with Crippen LogP contribution < -0.4 is 5.73 Å². The predicted molar refractivity (Wildman–Crippen MR) is 83.9 cm³/mol. The number of carbonyl (C=O) groups is 1. The van der Waals surface area contributed by atoms with Crippen LogP contribution in [0.2, 0.25) is 0 Å². The lowest BCUT2D eigenvalue weighted by Crippen LogP contribution is -2.40. The van der Waals surface area contributed by atoms with Crippen LogP contribution in [0.25, 0.3) is 0 Å². The molecule has 0 fully saturated rings. The molecule has 0 aliphatic carbocycles. The average molecular weight is 374 g/mol. The Balaban J connectivity index is 2.15. The average Bonchev–Trinajstić information content (AvgIpc) is 2.31. The number of anilines is 1. The Kier molecular flexibility index (Phi) is 3.94. The quantitative estimate of drug-likeness (QED) is 0.561. The van der Waals surface area contributed by atoms with Crippen molar-refractivity contribution in [2.45, 2.75) is 39.3 Å². The number of ether oxygens (including phenoxy) is 1. The number of benzene rings is 1. The molecule has 4 nitrogen and oxygen atoms in total. The van der Waals surface area contributed by atoms with Crippen molar-refractivity contribution in [3.63, 3.8) is 0 Å². The normalized spacial score (nSPS) is 15.1. The zero-order valence-corrected chi connectivity index (χ0v) is 13.7. The molecule has 19 heavy (non-hydrogen) atoms. The first-order chi connectivity index (χ1) is 8.78. The standard InChI is InChI=1S/C14H19IN2O2/c1-14(2,3)19-13(18)17-7-6-10-9(8-17)4-5-11(16)12(10)15/h4-5H,6-8,16H2,1-3H3. The van der Waals surface area contributed by atoms with Crippen LogP contribution in [0.1, 0.15) is 31.9 Å². The molecule has 0 saturated carbocycles. The Hall–Kier alpha value is -0.980. The molecule has 1 amide bonds. The first-order valence-electron chi connectivity index (χ1n) is 6.31. The van der Waals surface area contributed by atoms with Crippen molar-refractivity contribution in [3.05, 3.63) is 26.8 Å². The fourth-order valence-corrected chi connectivity index (χ4v) is 2.91. The number of hydrogen-bond donors (Lipinski definition) is 1. The molecular formula is C14H19IN2O2. The molecule has 0 radical (unpaired) electrons. The summed E-state index contributed by atoms with van der Waals surface area (Å²) in [6, 6.07) is 3.91. The molecule has 0 unspecified atom stereocenters. The van der Waals surface area contributed by atoms with Gasteiger partial charge in [0, 0.05) is 22.3 Å². The maximum absolute atomic E-state index is 12.1. The van der Waals surface area contributed by atoms with Gasteiger partial charge in [0.15, 0.2) is 0 Å². The molecule has 104 valence electrons. The Bertz CT molecular complexity index is 509. The minimum absolute atomic E-state index is 0.245. The number of nitrogens with zero attached hydrogens (tertiary/aromatic N) is 1. The van der Waals surface area contributed by atoms with E-state index in [-0.39, 0.29) is 6.09 Å². The second-order valence-corrected chi connectivity index (χ2v) is 6.84. The molecule has 0 spiro atoms. The molecule has 1 aliphatic heterocycles. The lowest BCUT2D eigenvalue weighted by molar-refractivity contribution is 0.0224. The van der Waals surface area contributed by atoms with E-state index in [2.05, 4.69) is 22.6 Å². The highest BCUT2D eigenvalue weighted by molar-refractivity contribution is 14.1. The summed E-state index contributed by atoms with van der Waals surface area (Å²) in [7, 11) is 0. The second kappa shape index (κ2) is 5.19. The number of carbonyl (C=O) groups excluding carboxylic acids is 1. The lowest BCUT2D eigenvalue weighted by atomic mass is 9.99. The fourth-order valence-electron chi connectivity index (χ4n) is 2.11. The maximum Gasteiger partial charge on any atom is 0.410 e. The SMILES string of the molecule is CC(C)(C)OC(=O)N1CCc2c(ccc(N)c2I)C1. The third-order valence-electron chi connectivity index (χ3n) is 3.01. The van der Waals surface area contributed by atoms with Gasteiger partial charge in [-0.1, -0.05) is 6.07 Å². The van der Waals surface area contributed by atoms with Crippen molar-refractivity contribution in [2.75, 3.05) is 12.3 Å². The van der Waals surface area contributed by atoms with E-state index < -0.39 is 5.60 Å². The molecule has 0 atom stereocenters. The van der Waals surface area contributed by atoms with Crippen molar-refractivity contribution in [3.8, 4) is 0 Å². The molecular weight excluding hydrogens is 355 g/mol. The summed E-state index contributed by atoms with van der Waals surface area (Å²) in [6.45, 7) is 6.92. The fraction of sp³-hybridized carbons (Fsp3) is 0.500. The summed E-state index contributed by atoms with van der Waals surface area (Å²) < 4.78 is 6.52. The summed E-state index contributed by atoms with van der Waals surface area (Å²) >= 11 is 2.27. The third kappa shape index (κ3) is 3.32. The van der Waals surface area contributed by atoms with Crippen LogP contribution in [0.15, 0.2) is 12.1 Å². The first-order valence-corrected chi connectivity index (χ1v) is 7.39. The highest BCUT2D eigenvalue weighted by Gasteiger charge is 2.26. The Morgan fingerprint density at radius 2 is 2.11 bits per heavy atom. The first kappa shape index (κ1) is 14.4. The number of nitrogens with two attached hydrogens (primary N) is 1. The number of fused-ring (bicyclic) bond motifs is 1. The third-order valence-corrected chi connectivity index (χ3v) is 4.29. The largest absolute Gasteiger partial charge is 0.444 e. The minimum Gasteiger partial charge on any atom is -0.444 e. The zero-order valence-electron chi connectivity index (χ0n) is 11.5. The number of amides is 1. The smallest absolute Gasteiger partial charge is 0.410 e. The zero-order chi connectivity index (χ0) is 14.2. The van der Waals surface area contributed by atoms with Crippen molar-refractivity contribution >= 4 is 34.4 Å². The van der Waals surface area contributed by atoms with E-state index in [4.69, 9.17) is 10.5 Å². The van der Waals surface area contributed by atoms with Crippen LogP contribution in [0, 0.1) is 3.57 Å². The molecule has 2 rings (SSSR count). The summed E-state index contributed by atoms with van der Waals surface area (Å²) in [5, 5.41) is 0. The van der Waals surface area contributed by atoms with Gasteiger partial charge in [0.25, 0.3) is 0 Å². The summed E-state index contributed by atoms with van der Waals surface area (Å²) in [5.41, 5.74) is 8.69. The molecule has 0 saturated heterocycles. The molecule has 5 heteroatoms. The van der Waals surface area contributed by atoms with E-state index >= 15 is 0 Å². The monoisotopic (exact) mass is 374 g/mol. The summed E-state index contributed by atoms with van der Waals surface area (Å²) in [4.78, 5) is 13.8. The van der Waals surface area contributed by atoms with Gasteiger partial charge in [-0.05, 0) is 67.0 Å². The Morgan fingerprint density at radius 1 is 1.42 bits per heavy atom. The molecule has 0 aromatic heterocycles. The van der Waals surface area contributed by atoms with Crippen molar-refractivity contribution in [1.82, 2.24) is 4.90 Å². The van der Waals surface area contributed by atoms with Gasteiger partial charge >= 0.3 is 6.09 Å². The van der Waals surface area contributed by atoms with E-state index in [1.54, 1.807) is 4.90 Å². The van der Waals surface area contributed by atoms with Gasteiger partial charge in [0.2, 0.25) is 0 Å².